The molecule has 2 saturated heterocycles. The van der Waals surface area contributed by atoms with E-state index in [0.717, 1.165) is 39.0 Å². The lowest BCUT2D eigenvalue weighted by Gasteiger charge is -2.43. The number of rotatable bonds is 4. The van der Waals surface area contributed by atoms with Crippen LogP contribution >= 0.6 is 0 Å². The lowest BCUT2D eigenvalue weighted by Crippen LogP contribution is -2.56. The molecular weight excluding hydrogens is 322 g/mol. The molecule has 2 aliphatic heterocycles. The van der Waals surface area contributed by atoms with Crippen LogP contribution in [0.1, 0.15) is 19.8 Å². The predicted octanol–water partition coefficient (Wildman–Crippen LogP) is 0.648. The molecule has 2 fully saturated rings. The zero-order chi connectivity index (χ0) is 17.6. The summed E-state index contributed by atoms with van der Waals surface area (Å²) in [6, 6.07) is 0.379. The van der Waals surface area contributed by atoms with Crippen LogP contribution in [0.15, 0.2) is 18.7 Å². The molecule has 3 heterocycles. The van der Waals surface area contributed by atoms with Gasteiger partial charge >= 0.3 is 6.09 Å². The van der Waals surface area contributed by atoms with Gasteiger partial charge in [-0.15, -0.1) is 0 Å². The normalized spacial score (nSPS) is 22.0. The number of carbonyl (C=O) groups excluding carboxylic acids is 2. The van der Waals surface area contributed by atoms with Gasteiger partial charge in [0.25, 0.3) is 0 Å². The smallest absolute Gasteiger partial charge is 0.409 e. The number of hydrogen-bond acceptors (Lipinski definition) is 5. The monoisotopic (exact) mass is 349 g/mol. The van der Waals surface area contributed by atoms with Crippen LogP contribution < -0.4 is 0 Å². The average molecular weight is 349 g/mol. The number of amides is 2. The summed E-state index contributed by atoms with van der Waals surface area (Å²) in [6.45, 7) is 7.25. The van der Waals surface area contributed by atoms with Gasteiger partial charge in [-0.05, 0) is 19.8 Å². The molecule has 3 rings (SSSR count). The maximum absolute atomic E-state index is 12.5. The van der Waals surface area contributed by atoms with Crippen molar-refractivity contribution >= 4 is 12.0 Å². The summed E-state index contributed by atoms with van der Waals surface area (Å²) in [5.74, 6) is 0.146. The third-order valence-electron chi connectivity index (χ3n) is 4.98. The van der Waals surface area contributed by atoms with Crippen LogP contribution in [0.2, 0.25) is 0 Å². The summed E-state index contributed by atoms with van der Waals surface area (Å²) in [5.41, 5.74) is 0. The first-order chi connectivity index (χ1) is 12.2. The number of piperazine rings is 1. The average Bonchev–Trinajstić information content (AvgIpc) is 3.15. The van der Waals surface area contributed by atoms with Gasteiger partial charge in [-0.25, -0.2) is 9.78 Å². The summed E-state index contributed by atoms with van der Waals surface area (Å²) in [7, 11) is 0. The third-order valence-corrected chi connectivity index (χ3v) is 4.98. The van der Waals surface area contributed by atoms with E-state index in [0.29, 0.717) is 32.3 Å². The molecule has 0 aromatic carbocycles. The van der Waals surface area contributed by atoms with E-state index >= 15 is 0 Å². The van der Waals surface area contributed by atoms with Crippen molar-refractivity contribution in [1.29, 1.82) is 0 Å². The Morgan fingerprint density at radius 2 is 1.96 bits per heavy atom. The Morgan fingerprint density at radius 3 is 2.64 bits per heavy atom. The molecule has 1 aromatic heterocycles. The molecule has 8 heteroatoms. The van der Waals surface area contributed by atoms with Crippen LogP contribution in [0.25, 0.3) is 0 Å². The zero-order valence-corrected chi connectivity index (χ0v) is 14.8. The molecule has 0 radical (unpaired) electrons. The fraction of sp³-hybridized carbons (Fsp3) is 0.706. The number of aromatic nitrogens is 2. The molecule has 1 aromatic rings. The minimum absolute atomic E-state index is 0.146. The molecule has 0 saturated carbocycles. The van der Waals surface area contributed by atoms with Crippen molar-refractivity contribution in [2.45, 2.75) is 32.4 Å². The highest BCUT2D eigenvalue weighted by Gasteiger charge is 2.31. The highest BCUT2D eigenvalue weighted by molar-refractivity contribution is 5.76. The molecule has 2 aliphatic rings. The maximum Gasteiger partial charge on any atom is 0.409 e. The van der Waals surface area contributed by atoms with Crippen molar-refractivity contribution in [2.75, 3.05) is 45.9 Å². The number of hydrogen-bond donors (Lipinski definition) is 0. The number of nitrogens with zero attached hydrogens (tertiary/aromatic N) is 5. The third kappa shape index (κ3) is 4.50. The van der Waals surface area contributed by atoms with Gasteiger partial charge in [0, 0.05) is 57.7 Å². The van der Waals surface area contributed by atoms with Crippen LogP contribution in [0, 0.1) is 0 Å². The van der Waals surface area contributed by atoms with Crippen molar-refractivity contribution in [3.05, 3.63) is 18.7 Å². The second kappa shape index (κ2) is 8.33. The predicted molar refractivity (Wildman–Crippen MR) is 92.0 cm³/mol. The quantitative estimate of drug-likeness (QED) is 0.798. The van der Waals surface area contributed by atoms with Gasteiger partial charge in [0.05, 0.1) is 12.9 Å². The van der Waals surface area contributed by atoms with Gasteiger partial charge in [-0.1, -0.05) is 0 Å². The SMILES string of the molecule is CCOC(=O)N1CCN([C@H]2CCCN(C(=O)Cn3ccnc3)C2)CC1. The minimum Gasteiger partial charge on any atom is -0.450 e. The molecular formula is C17H27N5O3. The van der Waals surface area contributed by atoms with Crippen molar-refractivity contribution in [1.82, 2.24) is 24.3 Å². The first-order valence-corrected chi connectivity index (χ1v) is 9.06. The van der Waals surface area contributed by atoms with Crippen LogP contribution in [-0.4, -0.2) is 88.2 Å². The molecule has 1 atom stereocenters. The van der Waals surface area contributed by atoms with Gasteiger partial charge < -0.3 is 19.1 Å². The Morgan fingerprint density at radius 1 is 1.16 bits per heavy atom. The second-order valence-corrected chi connectivity index (χ2v) is 6.59. The van der Waals surface area contributed by atoms with Crippen LogP contribution in [0.3, 0.4) is 0 Å². The maximum atomic E-state index is 12.5. The zero-order valence-electron chi connectivity index (χ0n) is 14.8. The molecule has 0 bridgehead atoms. The fourth-order valence-corrected chi connectivity index (χ4v) is 3.60. The van der Waals surface area contributed by atoms with E-state index < -0.39 is 0 Å². The van der Waals surface area contributed by atoms with Gasteiger partial charge in [-0.2, -0.15) is 0 Å². The van der Waals surface area contributed by atoms with Crippen molar-refractivity contribution in [3.8, 4) is 0 Å². The van der Waals surface area contributed by atoms with E-state index in [9.17, 15) is 9.59 Å². The summed E-state index contributed by atoms with van der Waals surface area (Å²) < 4.78 is 6.88. The van der Waals surface area contributed by atoms with Crippen LogP contribution in [0.4, 0.5) is 4.79 Å². The van der Waals surface area contributed by atoms with Crippen molar-refractivity contribution in [3.63, 3.8) is 0 Å². The molecule has 25 heavy (non-hydrogen) atoms. The number of ether oxygens (including phenoxy) is 1. The summed E-state index contributed by atoms with van der Waals surface area (Å²) >= 11 is 0. The highest BCUT2D eigenvalue weighted by Crippen LogP contribution is 2.18. The summed E-state index contributed by atoms with van der Waals surface area (Å²) in [6.07, 6.45) is 7.09. The summed E-state index contributed by atoms with van der Waals surface area (Å²) in [4.78, 5) is 34.4. The molecule has 138 valence electrons. The largest absolute Gasteiger partial charge is 0.450 e. The van der Waals surface area contributed by atoms with Gasteiger partial charge in [0.2, 0.25) is 5.91 Å². The van der Waals surface area contributed by atoms with Crippen LogP contribution in [-0.2, 0) is 16.1 Å². The Hall–Kier alpha value is -2.09. The number of likely N-dealkylation sites (tertiary alicyclic amines) is 1. The van der Waals surface area contributed by atoms with Gasteiger partial charge in [0.15, 0.2) is 0 Å². The topological polar surface area (TPSA) is 70.9 Å². The van der Waals surface area contributed by atoms with Crippen molar-refractivity contribution < 1.29 is 14.3 Å². The van der Waals surface area contributed by atoms with E-state index in [1.54, 1.807) is 17.4 Å². The van der Waals surface area contributed by atoms with Crippen LogP contribution in [0.5, 0.6) is 0 Å². The molecule has 0 unspecified atom stereocenters. The molecule has 0 aliphatic carbocycles. The standard InChI is InChI=1S/C17H27N5O3/c1-2-25-17(24)21-10-8-20(9-11-21)15-4-3-6-22(12-15)16(23)13-19-7-5-18-14-19/h5,7,14-15H,2-4,6,8-13H2,1H3/t15-/m0/s1. The van der Waals surface area contributed by atoms with E-state index in [1.807, 2.05) is 22.6 Å². The minimum atomic E-state index is -0.220. The Kier molecular flexibility index (Phi) is 5.91. The number of carbonyl (C=O) groups is 2. The number of piperidine rings is 1. The molecule has 0 spiro atoms. The number of imidazole rings is 1. The summed E-state index contributed by atoms with van der Waals surface area (Å²) in [5, 5.41) is 0. The first-order valence-electron chi connectivity index (χ1n) is 9.06. The molecule has 0 N–H and O–H groups in total. The Labute approximate surface area is 148 Å². The van der Waals surface area contributed by atoms with Gasteiger partial charge in [0.1, 0.15) is 6.54 Å². The van der Waals surface area contributed by atoms with Crippen molar-refractivity contribution in [2.24, 2.45) is 0 Å². The Balaban J connectivity index is 1.48. The van der Waals surface area contributed by atoms with E-state index in [-0.39, 0.29) is 12.0 Å². The van der Waals surface area contributed by atoms with E-state index in [2.05, 4.69) is 9.88 Å². The van der Waals surface area contributed by atoms with E-state index in [1.165, 1.54) is 0 Å². The Bertz CT molecular complexity index is 569. The second-order valence-electron chi connectivity index (χ2n) is 6.59. The lowest BCUT2D eigenvalue weighted by molar-refractivity contribution is -0.134. The molecule has 8 nitrogen and oxygen atoms in total. The van der Waals surface area contributed by atoms with E-state index in [4.69, 9.17) is 4.74 Å². The highest BCUT2D eigenvalue weighted by atomic mass is 16.6. The fourth-order valence-electron chi connectivity index (χ4n) is 3.60. The first kappa shape index (κ1) is 17.7. The van der Waals surface area contributed by atoms with Gasteiger partial charge in [-0.3, -0.25) is 9.69 Å². The lowest BCUT2D eigenvalue weighted by atomic mass is 10.0. The molecule has 2 amide bonds.